The number of rotatable bonds is 15. The van der Waals surface area contributed by atoms with Gasteiger partial charge in [-0.05, 0) is 12.8 Å². The molecule has 0 rings (SSSR count). The summed E-state index contributed by atoms with van der Waals surface area (Å²) in [7, 11) is 0. The van der Waals surface area contributed by atoms with Gasteiger partial charge in [0.15, 0.2) is 5.41 Å². The van der Waals surface area contributed by atoms with Crippen molar-refractivity contribution in [3.63, 3.8) is 0 Å². The van der Waals surface area contributed by atoms with Gasteiger partial charge in [0.1, 0.15) is 0 Å². The van der Waals surface area contributed by atoms with E-state index in [9.17, 15) is 19.8 Å². The van der Waals surface area contributed by atoms with Crippen molar-refractivity contribution in [1.82, 2.24) is 0 Å². The number of aliphatic carboxylic acids is 2. The van der Waals surface area contributed by atoms with Gasteiger partial charge in [-0.15, -0.1) is 0 Å². The van der Waals surface area contributed by atoms with Crippen molar-refractivity contribution in [2.24, 2.45) is 5.41 Å². The summed E-state index contributed by atoms with van der Waals surface area (Å²) in [6, 6.07) is 0. The second kappa shape index (κ2) is 18.9. The Balaban J connectivity index is -0.00000220. The van der Waals surface area contributed by atoms with Gasteiger partial charge < -0.3 is 10.2 Å². The topological polar surface area (TPSA) is 74.6 Å². The van der Waals surface area contributed by atoms with E-state index < -0.39 is 17.4 Å². The van der Waals surface area contributed by atoms with E-state index in [-0.39, 0.29) is 83.1 Å². The molecule has 6 heteroatoms. The molecule has 2 N–H and O–H groups in total. The van der Waals surface area contributed by atoms with Crippen LogP contribution in [0.25, 0.3) is 0 Å². The van der Waals surface area contributed by atoms with Crippen molar-refractivity contribution in [3.05, 3.63) is 0 Å². The first-order valence-electron chi connectivity index (χ1n) is 8.98. The van der Waals surface area contributed by atoms with Crippen LogP contribution in [0.5, 0.6) is 0 Å². The number of hydrogen-bond donors (Lipinski definition) is 2. The van der Waals surface area contributed by atoms with E-state index in [4.69, 9.17) is 0 Å². The summed E-state index contributed by atoms with van der Waals surface area (Å²) in [6.07, 6.45) is 12.7. The minimum atomic E-state index is -1.57. The van der Waals surface area contributed by atoms with E-state index in [1.54, 1.807) is 0 Å². The predicted octanol–water partition coefficient (Wildman–Crippen LogP) is 3.96. The van der Waals surface area contributed by atoms with Crippen LogP contribution in [0, 0.1) is 5.41 Å². The number of hydrogen-bond acceptors (Lipinski definition) is 2. The van der Waals surface area contributed by atoms with Gasteiger partial charge in [0.2, 0.25) is 0 Å². The monoisotopic (exact) mass is 362 g/mol. The molecule has 0 heterocycles. The Labute approximate surface area is 202 Å². The molecule has 0 saturated heterocycles. The SMILES string of the molecule is CCCCCCCCCCCCC(CCC)(C(=O)O)C(=O)O.[KH].[LiH]. The summed E-state index contributed by atoms with van der Waals surface area (Å²) < 4.78 is 0. The van der Waals surface area contributed by atoms with Gasteiger partial charge in [-0.25, -0.2) is 0 Å². The standard InChI is InChI=1S/C18H34O4.K.Li.2H/c1-3-5-6-7-8-9-10-11-12-13-15-18(14-4-2,16(19)20)17(21)22;;;;/h3-15H2,1-2H3,(H,19,20)(H,21,22);;;;. The minimum absolute atomic E-state index is 0. The molecule has 0 aromatic carbocycles. The molecule has 0 fully saturated rings. The van der Waals surface area contributed by atoms with Crippen LogP contribution in [-0.2, 0) is 9.59 Å². The molecule has 4 nitrogen and oxygen atoms in total. The summed E-state index contributed by atoms with van der Waals surface area (Å²) in [5, 5.41) is 18.6. The van der Waals surface area contributed by atoms with E-state index in [1.165, 1.54) is 44.9 Å². The molecule has 0 radical (unpaired) electrons. The molecule has 0 amide bonds. The van der Waals surface area contributed by atoms with Crippen molar-refractivity contribution in [2.45, 2.75) is 97.3 Å². The van der Waals surface area contributed by atoms with Gasteiger partial charge in [-0.3, -0.25) is 9.59 Å². The third-order valence-electron chi connectivity index (χ3n) is 4.45. The Morgan fingerprint density at radius 3 is 1.38 bits per heavy atom. The van der Waals surface area contributed by atoms with Gasteiger partial charge >= 0.3 is 82.2 Å². The molecule has 0 aromatic heterocycles. The van der Waals surface area contributed by atoms with Crippen molar-refractivity contribution < 1.29 is 19.8 Å². The molecule has 0 bridgehead atoms. The van der Waals surface area contributed by atoms with Crippen LogP contribution in [0.15, 0.2) is 0 Å². The first-order chi connectivity index (χ1) is 10.5. The average molecular weight is 363 g/mol. The molecule has 0 atom stereocenters. The normalized spacial score (nSPS) is 10.6. The zero-order valence-corrected chi connectivity index (χ0v) is 14.4. The predicted molar refractivity (Wildman–Crippen MR) is 103 cm³/mol. The molecule has 0 aliphatic carbocycles. The number of unbranched alkanes of at least 4 members (excludes halogenated alkanes) is 9. The van der Waals surface area contributed by atoms with Crippen LogP contribution in [0.4, 0.5) is 0 Å². The molecule has 0 aliphatic heterocycles. The Bertz CT molecular complexity index is 310. The van der Waals surface area contributed by atoms with E-state index in [1.807, 2.05) is 6.92 Å². The number of carbonyl (C=O) groups is 2. The first kappa shape index (κ1) is 29.9. The molecule has 0 unspecified atom stereocenters. The molecule has 0 aliphatic rings. The van der Waals surface area contributed by atoms with Crippen molar-refractivity contribution in [3.8, 4) is 0 Å². The van der Waals surface area contributed by atoms with E-state index >= 15 is 0 Å². The van der Waals surface area contributed by atoms with Crippen LogP contribution >= 0.6 is 0 Å². The summed E-state index contributed by atoms with van der Waals surface area (Å²) in [4.78, 5) is 22.7. The molecule has 0 spiro atoms. The number of carboxylic acids is 2. The Morgan fingerprint density at radius 1 is 0.667 bits per heavy atom. The van der Waals surface area contributed by atoms with Crippen molar-refractivity contribution in [2.75, 3.05) is 0 Å². The summed E-state index contributed by atoms with van der Waals surface area (Å²) in [5.74, 6) is -2.37. The van der Waals surface area contributed by atoms with Gasteiger partial charge in [0.25, 0.3) is 0 Å². The van der Waals surface area contributed by atoms with E-state index in [0.717, 1.165) is 12.8 Å². The fraction of sp³-hybridized carbons (Fsp3) is 0.889. The van der Waals surface area contributed by atoms with Gasteiger partial charge in [0.05, 0.1) is 0 Å². The van der Waals surface area contributed by atoms with Gasteiger partial charge in [-0.2, -0.15) is 0 Å². The molecule has 24 heavy (non-hydrogen) atoms. The van der Waals surface area contributed by atoms with Crippen LogP contribution in [0.2, 0.25) is 0 Å². The fourth-order valence-electron chi connectivity index (χ4n) is 2.99. The average Bonchev–Trinajstić information content (AvgIpc) is 2.47. The quantitative estimate of drug-likeness (QED) is 0.263. The van der Waals surface area contributed by atoms with Crippen LogP contribution < -0.4 is 0 Å². The first-order valence-corrected chi connectivity index (χ1v) is 8.98. The van der Waals surface area contributed by atoms with Crippen LogP contribution in [0.1, 0.15) is 97.3 Å². The Kier molecular flexibility index (Phi) is 23.6. The maximum atomic E-state index is 11.4. The zero-order valence-electron chi connectivity index (χ0n) is 14.4. The van der Waals surface area contributed by atoms with Gasteiger partial charge in [0, 0.05) is 0 Å². The maximum absolute atomic E-state index is 11.4. The summed E-state index contributed by atoms with van der Waals surface area (Å²) in [5.41, 5.74) is -1.57. The number of carboxylic acid groups (broad SMARTS) is 2. The van der Waals surface area contributed by atoms with Gasteiger partial charge in [-0.1, -0.05) is 84.5 Å². The summed E-state index contributed by atoms with van der Waals surface area (Å²) >= 11 is 0. The van der Waals surface area contributed by atoms with E-state index in [0.29, 0.717) is 12.8 Å². The summed E-state index contributed by atoms with van der Waals surface area (Å²) in [6.45, 7) is 4.05. The van der Waals surface area contributed by atoms with Crippen LogP contribution in [0.3, 0.4) is 0 Å². The molecule has 0 saturated carbocycles. The second-order valence-electron chi connectivity index (χ2n) is 6.37. The Morgan fingerprint density at radius 2 is 1.04 bits per heavy atom. The molecule has 0 aromatic rings. The molecule has 134 valence electrons. The molecular formula is C18H36KLiO4. The van der Waals surface area contributed by atoms with Crippen molar-refractivity contribution in [1.29, 1.82) is 0 Å². The van der Waals surface area contributed by atoms with Crippen LogP contribution in [-0.4, -0.2) is 92.4 Å². The molecular weight excluding hydrogens is 326 g/mol. The van der Waals surface area contributed by atoms with Crippen molar-refractivity contribution >= 4 is 82.2 Å². The Hall–Kier alpha value is 1.17. The fourth-order valence-corrected chi connectivity index (χ4v) is 2.99. The third kappa shape index (κ3) is 12.5. The van der Waals surface area contributed by atoms with E-state index in [2.05, 4.69) is 6.92 Å². The zero-order chi connectivity index (χ0) is 16.8. The third-order valence-corrected chi connectivity index (χ3v) is 4.45. The second-order valence-corrected chi connectivity index (χ2v) is 6.37.